The van der Waals surface area contributed by atoms with Gasteiger partial charge in [-0.2, -0.15) is 0 Å². The van der Waals surface area contributed by atoms with Gasteiger partial charge in [-0.05, 0) is 38.1 Å². The Balaban J connectivity index is 1.37. The van der Waals surface area contributed by atoms with Gasteiger partial charge in [0.15, 0.2) is 18.2 Å². The standard InChI is InChI=1S/C33H40O19/c1-10-19(37)23(41)26(44)31(46-10)51-29-22(40)18-15(36)7-14(8-16(18)49-28(29)12-3-5-13(35)6-4-12)48-33-30(25(43)20(38)11(2)47-33)52-32-27(45)24(42)21(39)17(9-34)50-32/h3-8,10-11,17,19-21,23-27,30-39,41-45H,9H2,1-2H3/t10-,11-,17+,19-,20-,21+,23+,24-,25+,26+,27+,30+,31-,32-,33-/m0/s1. The van der Waals surface area contributed by atoms with E-state index in [2.05, 4.69) is 0 Å². The Morgan fingerprint density at radius 3 is 1.92 bits per heavy atom. The Bertz CT molecular complexity index is 1760. The number of hydrogen-bond donors (Lipinski definition) is 11. The fourth-order valence-electron chi connectivity index (χ4n) is 6.17. The van der Waals surface area contributed by atoms with Gasteiger partial charge in [0.2, 0.25) is 23.8 Å². The normalized spacial score (nSPS) is 38.2. The van der Waals surface area contributed by atoms with Gasteiger partial charge in [-0.15, -0.1) is 0 Å². The summed E-state index contributed by atoms with van der Waals surface area (Å²) in [6, 6.07) is 7.45. The zero-order chi connectivity index (χ0) is 37.8. The number of phenolic OH excluding ortho intramolecular Hbond substituents is 2. The molecule has 286 valence electrons. The van der Waals surface area contributed by atoms with Gasteiger partial charge in [0, 0.05) is 17.7 Å². The average molecular weight is 741 g/mol. The summed E-state index contributed by atoms with van der Waals surface area (Å²) < 4.78 is 40.0. The first-order valence-corrected chi connectivity index (χ1v) is 16.2. The third-order valence-electron chi connectivity index (χ3n) is 9.25. The van der Waals surface area contributed by atoms with Crippen LogP contribution in [0.4, 0.5) is 0 Å². The van der Waals surface area contributed by atoms with Crippen LogP contribution in [0.25, 0.3) is 22.3 Å². The van der Waals surface area contributed by atoms with Gasteiger partial charge in [-0.25, -0.2) is 0 Å². The highest BCUT2D eigenvalue weighted by Gasteiger charge is 2.51. The second-order valence-corrected chi connectivity index (χ2v) is 12.9. The third-order valence-corrected chi connectivity index (χ3v) is 9.25. The van der Waals surface area contributed by atoms with Crippen molar-refractivity contribution in [1.82, 2.24) is 0 Å². The van der Waals surface area contributed by atoms with E-state index in [-0.39, 0.29) is 28.4 Å². The second kappa shape index (κ2) is 15.0. The van der Waals surface area contributed by atoms with E-state index in [9.17, 15) is 61.0 Å². The second-order valence-electron chi connectivity index (χ2n) is 12.9. The zero-order valence-corrected chi connectivity index (χ0v) is 27.5. The molecular formula is C33H40O19. The van der Waals surface area contributed by atoms with Crippen molar-refractivity contribution in [3.63, 3.8) is 0 Å². The molecule has 0 spiro atoms. The van der Waals surface area contributed by atoms with Crippen LogP contribution in [-0.4, -0.2) is 155 Å². The largest absolute Gasteiger partial charge is 0.508 e. The Hall–Kier alpha value is -3.67. The molecule has 2 aromatic carbocycles. The summed E-state index contributed by atoms with van der Waals surface area (Å²) in [5.74, 6) is -1.93. The summed E-state index contributed by atoms with van der Waals surface area (Å²) in [6.07, 6.45) is -23.9. The molecule has 3 aromatic rings. The SMILES string of the molecule is C[C@@H]1O[C@@H](Oc2c(-c3ccc(O)cc3)oc3cc(O[C@@H]4O[C@@H](C)[C@H](O)[C@@H](O)[C@H]4O[C@@H]4O[C@H](CO)[C@@H](O)[C@H](O)[C@H]4O)cc(O)c3c2=O)[C@H](O)[C@H](O)[C@H]1O. The minimum absolute atomic E-state index is 0.130. The maximum atomic E-state index is 14.0. The van der Waals surface area contributed by atoms with Crippen LogP contribution in [0.5, 0.6) is 23.0 Å². The highest BCUT2D eigenvalue weighted by molar-refractivity contribution is 5.88. The number of aromatic hydroxyl groups is 2. The van der Waals surface area contributed by atoms with Crippen molar-refractivity contribution >= 4 is 11.0 Å². The molecule has 0 bridgehead atoms. The Morgan fingerprint density at radius 1 is 0.673 bits per heavy atom. The van der Waals surface area contributed by atoms with Crippen LogP contribution in [0.3, 0.4) is 0 Å². The molecule has 3 aliphatic heterocycles. The first kappa shape index (κ1) is 38.1. The van der Waals surface area contributed by atoms with Crippen molar-refractivity contribution in [3.8, 4) is 34.3 Å². The van der Waals surface area contributed by atoms with E-state index in [1.165, 1.54) is 38.1 Å². The minimum atomic E-state index is -1.88. The lowest BCUT2D eigenvalue weighted by Gasteiger charge is -2.45. The molecule has 0 aliphatic carbocycles. The number of phenols is 2. The number of aliphatic hydroxyl groups excluding tert-OH is 9. The Morgan fingerprint density at radius 2 is 1.27 bits per heavy atom. The predicted octanol–water partition coefficient (Wildman–Crippen LogP) is -2.89. The Labute approximate surface area is 293 Å². The van der Waals surface area contributed by atoms with Gasteiger partial charge in [0.25, 0.3) is 0 Å². The van der Waals surface area contributed by atoms with Gasteiger partial charge in [0.1, 0.15) is 83.2 Å². The molecule has 3 aliphatic rings. The van der Waals surface area contributed by atoms with E-state index in [4.69, 9.17) is 32.8 Å². The van der Waals surface area contributed by atoms with Crippen molar-refractivity contribution < 1.29 is 89.0 Å². The summed E-state index contributed by atoms with van der Waals surface area (Å²) in [6.45, 7) is 2.04. The lowest BCUT2D eigenvalue weighted by molar-refractivity contribution is -0.355. The molecule has 19 heteroatoms. The topological polar surface area (TPSA) is 308 Å². The highest BCUT2D eigenvalue weighted by atomic mass is 16.8. The van der Waals surface area contributed by atoms with Crippen LogP contribution in [0.2, 0.25) is 0 Å². The molecule has 1 aromatic heterocycles. The van der Waals surface area contributed by atoms with Crippen LogP contribution < -0.4 is 14.9 Å². The molecule has 3 saturated heterocycles. The number of benzene rings is 2. The number of ether oxygens (including phenoxy) is 6. The summed E-state index contributed by atoms with van der Waals surface area (Å²) in [5.41, 5.74) is -1.09. The maximum absolute atomic E-state index is 14.0. The third kappa shape index (κ3) is 7.03. The number of rotatable bonds is 8. The van der Waals surface area contributed by atoms with Crippen molar-refractivity contribution in [1.29, 1.82) is 0 Å². The predicted molar refractivity (Wildman–Crippen MR) is 170 cm³/mol. The molecular weight excluding hydrogens is 700 g/mol. The van der Waals surface area contributed by atoms with E-state index < -0.39 is 121 Å². The number of aliphatic hydroxyl groups is 9. The van der Waals surface area contributed by atoms with Crippen LogP contribution in [0, 0.1) is 0 Å². The van der Waals surface area contributed by atoms with E-state index in [0.717, 1.165) is 12.1 Å². The molecule has 0 unspecified atom stereocenters. The first-order chi connectivity index (χ1) is 24.6. The van der Waals surface area contributed by atoms with Crippen molar-refractivity contribution in [2.45, 2.75) is 106 Å². The molecule has 6 rings (SSSR count). The maximum Gasteiger partial charge on any atom is 0.239 e. The van der Waals surface area contributed by atoms with Gasteiger partial charge in [0.05, 0.1) is 18.8 Å². The van der Waals surface area contributed by atoms with Gasteiger partial charge >= 0.3 is 0 Å². The summed E-state index contributed by atoms with van der Waals surface area (Å²) in [5, 5.41) is 113. The molecule has 19 nitrogen and oxygen atoms in total. The van der Waals surface area contributed by atoms with Crippen LogP contribution in [-0.2, 0) is 18.9 Å². The molecule has 4 heterocycles. The summed E-state index contributed by atoms with van der Waals surface area (Å²) in [7, 11) is 0. The van der Waals surface area contributed by atoms with Gasteiger partial charge < -0.3 is 89.0 Å². The fourth-order valence-corrected chi connectivity index (χ4v) is 6.17. The molecule has 11 N–H and O–H groups in total. The summed E-state index contributed by atoms with van der Waals surface area (Å²) in [4.78, 5) is 14.0. The van der Waals surface area contributed by atoms with E-state index >= 15 is 0 Å². The smallest absolute Gasteiger partial charge is 0.239 e. The van der Waals surface area contributed by atoms with Crippen LogP contribution in [0.1, 0.15) is 13.8 Å². The minimum Gasteiger partial charge on any atom is -0.508 e. The van der Waals surface area contributed by atoms with Crippen LogP contribution in [0.15, 0.2) is 45.6 Å². The lowest BCUT2D eigenvalue weighted by atomic mass is 9.97. The van der Waals surface area contributed by atoms with E-state index in [1.54, 1.807) is 0 Å². The molecule has 0 saturated carbocycles. The Kier molecular flexibility index (Phi) is 11.0. The van der Waals surface area contributed by atoms with E-state index in [0.29, 0.717) is 0 Å². The molecule has 0 radical (unpaired) electrons. The van der Waals surface area contributed by atoms with Crippen molar-refractivity contribution in [2.24, 2.45) is 0 Å². The number of hydrogen-bond acceptors (Lipinski definition) is 19. The molecule has 3 fully saturated rings. The molecule has 0 amide bonds. The van der Waals surface area contributed by atoms with Crippen molar-refractivity contribution in [2.75, 3.05) is 6.61 Å². The molecule has 15 atom stereocenters. The van der Waals surface area contributed by atoms with E-state index in [1.807, 2.05) is 0 Å². The lowest BCUT2D eigenvalue weighted by Crippen LogP contribution is -2.64. The van der Waals surface area contributed by atoms with Crippen molar-refractivity contribution in [3.05, 3.63) is 46.6 Å². The quantitative estimate of drug-likeness (QED) is 0.110. The summed E-state index contributed by atoms with van der Waals surface area (Å²) >= 11 is 0. The average Bonchev–Trinajstić information content (AvgIpc) is 3.11. The molecule has 52 heavy (non-hydrogen) atoms. The monoisotopic (exact) mass is 740 g/mol. The number of fused-ring (bicyclic) bond motifs is 1. The van der Waals surface area contributed by atoms with Crippen LogP contribution >= 0.6 is 0 Å². The first-order valence-electron chi connectivity index (χ1n) is 16.2. The highest BCUT2D eigenvalue weighted by Crippen LogP contribution is 2.39. The zero-order valence-electron chi connectivity index (χ0n) is 27.5. The van der Waals surface area contributed by atoms with Gasteiger partial charge in [-0.3, -0.25) is 4.79 Å². The van der Waals surface area contributed by atoms with Gasteiger partial charge in [-0.1, -0.05) is 0 Å². The fraction of sp³-hybridized carbons (Fsp3) is 0.545.